The summed E-state index contributed by atoms with van der Waals surface area (Å²) in [6.45, 7) is -0.0569. The highest BCUT2D eigenvalue weighted by Gasteiger charge is 2.11. The summed E-state index contributed by atoms with van der Waals surface area (Å²) in [5.74, 6) is -0.269. The molecule has 0 atom stereocenters. The molecule has 0 N–H and O–H groups in total. The van der Waals surface area contributed by atoms with E-state index in [4.69, 9.17) is 0 Å². The number of rotatable bonds is 5. The zero-order chi connectivity index (χ0) is 14.5. The normalized spacial score (nSPS) is 10.6. The van der Waals surface area contributed by atoms with Gasteiger partial charge in [0, 0.05) is 10.2 Å². The number of ether oxygens (including phenoxy) is 1. The van der Waals surface area contributed by atoms with Crippen molar-refractivity contribution >= 4 is 33.7 Å². The first-order valence-corrected chi connectivity index (χ1v) is 7.27. The lowest BCUT2D eigenvalue weighted by Gasteiger charge is -2.04. The number of hydrogen-bond acceptors (Lipinski definition) is 6. The molecular formula is C11H10BrFN4O2S. The Morgan fingerprint density at radius 2 is 2.30 bits per heavy atom. The lowest BCUT2D eigenvalue weighted by atomic mass is 10.2. The van der Waals surface area contributed by atoms with Gasteiger partial charge in [0.05, 0.1) is 7.11 Å². The van der Waals surface area contributed by atoms with Gasteiger partial charge in [-0.2, -0.15) is 0 Å². The molecule has 0 saturated carbocycles. The number of nitrogens with zero attached hydrogens (tertiary/aromatic N) is 4. The van der Waals surface area contributed by atoms with Gasteiger partial charge in [-0.1, -0.05) is 27.7 Å². The monoisotopic (exact) mass is 360 g/mol. The van der Waals surface area contributed by atoms with Crippen molar-refractivity contribution in [3.8, 4) is 0 Å². The molecule has 9 heteroatoms. The summed E-state index contributed by atoms with van der Waals surface area (Å²) in [6, 6.07) is 4.63. The molecule has 2 aromatic rings. The third kappa shape index (κ3) is 4.01. The standard InChI is InChI=1S/C11H10BrFN4O2S/c1-19-10(18)5-17-11(14-15-16-17)20-6-7-2-8(12)4-9(13)3-7/h2-4H,5-6H2,1H3. The molecule has 20 heavy (non-hydrogen) atoms. The molecule has 0 unspecified atom stereocenters. The fraction of sp³-hybridized carbons (Fsp3) is 0.273. The molecule has 0 saturated heterocycles. The van der Waals surface area contributed by atoms with Crippen molar-refractivity contribution in [2.24, 2.45) is 0 Å². The lowest BCUT2D eigenvalue weighted by Crippen LogP contribution is -2.13. The highest BCUT2D eigenvalue weighted by Crippen LogP contribution is 2.23. The topological polar surface area (TPSA) is 69.9 Å². The van der Waals surface area contributed by atoms with Crippen LogP contribution in [0.25, 0.3) is 0 Å². The molecule has 6 nitrogen and oxygen atoms in total. The van der Waals surface area contributed by atoms with Crippen LogP contribution in [0.15, 0.2) is 27.8 Å². The van der Waals surface area contributed by atoms with E-state index in [1.807, 2.05) is 6.07 Å². The molecule has 0 spiro atoms. The van der Waals surface area contributed by atoms with Crippen molar-refractivity contribution in [2.75, 3.05) is 7.11 Å². The van der Waals surface area contributed by atoms with Crippen LogP contribution in [0.5, 0.6) is 0 Å². The minimum absolute atomic E-state index is 0.0569. The van der Waals surface area contributed by atoms with Gasteiger partial charge < -0.3 is 4.74 Å². The first-order valence-electron chi connectivity index (χ1n) is 5.49. The third-order valence-electron chi connectivity index (χ3n) is 2.30. The van der Waals surface area contributed by atoms with Crippen molar-refractivity contribution < 1.29 is 13.9 Å². The maximum absolute atomic E-state index is 13.2. The summed E-state index contributed by atoms with van der Waals surface area (Å²) in [4.78, 5) is 11.2. The first-order chi connectivity index (χ1) is 9.58. The van der Waals surface area contributed by atoms with Crippen molar-refractivity contribution in [3.63, 3.8) is 0 Å². The van der Waals surface area contributed by atoms with Gasteiger partial charge in [-0.05, 0) is 34.2 Å². The summed E-state index contributed by atoms with van der Waals surface area (Å²) in [5.41, 5.74) is 0.787. The van der Waals surface area contributed by atoms with Gasteiger partial charge in [0.2, 0.25) is 5.16 Å². The summed E-state index contributed by atoms with van der Waals surface area (Å²) in [6.07, 6.45) is 0. The van der Waals surface area contributed by atoms with E-state index in [-0.39, 0.29) is 12.4 Å². The van der Waals surface area contributed by atoms with Crippen LogP contribution in [-0.2, 0) is 21.8 Å². The van der Waals surface area contributed by atoms with Crippen molar-refractivity contribution in [3.05, 3.63) is 34.1 Å². The number of thioether (sulfide) groups is 1. The molecular weight excluding hydrogens is 351 g/mol. The summed E-state index contributed by atoms with van der Waals surface area (Å²) in [7, 11) is 1.30. The fourth-order valence-corrected chi connectivity index (χ4v) is 2.75. The molecule has 0 aliphatic carbocycles. The predicted octanol–water partition coefficient (Wildman–Crippen LogP) is 2.04. The Morgan fingerprint density at radius 3 is 3.00 bits per heavy atom. The van der Waals surface area contributed by atoms with Gasteiger partial charge in [-0.3, -0.25) is 4.79 Å². The van der Waals surface area contributed by atoms with Crippen molar-refractivity contribution in [1.29, 1.82) is 0 Å². The summed E-state index contributed by atoms with van der Waals surface area (Å²) in [5, 5.41) is 11.5. The van der Waals surface area contributed by atoms with E-state index in [0.29, 0.717) is 15.4 Å². The second-order valence-electron chi connectivity index (χ2n) is 3.76. The number of halogens is 2. The molecule has 106 valence electrons. The number of carbonyl (C=O) groups is 1. The average molecular weight is 361 g/mol. The third-order valence-corrected chi connectivity index (χ3v) is 3.78. The van der Waals surface area contributed by atoms with Gasteiger partial charge in [0.15, 0.2) is 0 Å². The lowest BCUT2D eigenvalue weighted by molar-refractivity contribution is -0.141. The molecule has 0 bridgehead atoms. The number of tetrazole rings is 1. The molecule has 1 aromatic heterocycles. The van der Waals surface area contributed by atoms with E-state index in [1.54, 1.807) is 0 Å². The van der Waals surface area contributed by atoms with Gasteiger partial charge >= 0.3 is 5.97 Å². The Balaban J connectivity index is 2.04. The van der Waals surface area contributed by atoms with E-state index in [0.717, 1.165) is 5.56 Å². The van der Waals surface area contributed by atoms with Gasteiger partial charge in [0.1, 0.15) is 12.4 Å². The van der Waals surface area contributed by atoms with Gasteiger partial charge in [-0.15, -0.1) is 5.10 Å². The smallest absolute Gasteiger partial charge is 0.327 e. The molecule has 0 radical (unpaired) electrons. The van der Waals surface area contributed by atoms with Crippen LogP contribution in [0, 0.1) is 5.82 Å². The number of hydrogen-bond donors (Lipinski definition) is 0. The molecule has 0 aliphatic rings. The SMILES string of the molecule is COC(=O)Cn1nnnc1SCc1cc(F)cc(Br)c1. The highest BCUT2D eigenvalue weighted by molar-refractivity contribution is 9.10. The molecule has 0 aliphatic heterocycles. The Kier molecular flexibility index (Phi) is 5.07. The van der Waals surface area contributed by atoms with Gasteiger partial charge in [-0.25, -0.2) is 9.07 Å². The van der Waals surface area contributed by atoms with E-state index < -0.39 is 5.97 Å². The van der Waals surface area contributed by atoms with E-state index in [1.165, 1.54) is 35.7 Å². The zero-order valence-corrected chi connectivity index (χ0v) is 12.8. The number of methoxy groups -OCH3 is 1. The van der Waals surface area contributed by atoms with Crippen LogP contribution in [0.3, 0.4) is 0 Å². The zero-order valence-electron chi connectivity index (χ0n) is 10.4. The van der Waals surface area contributed by atoms with E-state index in [9.17, 15) is 9.18 Å². The minimum Gasteiger partial charge on any atom is -0.468 e. The first kappa shape index (κ1) is 14.9. The number of aromatic nitrogens is 4. The van der Waals surface area contributed by atoms with E-state index >= 15 is 0 Å². The minimum atomic E-state index is -0.437. The van der Waals surface area contributed by atoms with E-state index in [2.05, 4.69) is 36.2 Å². The van der Waals surface area contributed by atoms with Crippen LogP contribution in [-0.4, -0.2) is 33.3 Å². The molecule has 0 amide bonds. The number of carbonyl (C=O) groups excluding carboxylic acids is 1. The fourth-order valence-electron chi connectivity index (χ4n) is 1.43. The maximum Gasteiger partial charge on any atom is 0.327 e. The second kappa shape index (κ2) is 6.80. The molecule has 1 heterocycles. The predicted molar refractivity (Wildman–Crippen MR) is 73.5 cm³/mol. The molecule has 0 fully saturated rings. The number of esters is 1. The van der Waals surface area contributed by atoms with Gasteiger partial charge in [0.25, 0.3) is 0 Å². The second-order valence-corrected chi connectivity index (χ2v) is 5.62. The molecule has 1 aromatic carbocycles. The molecule has 2 rings (SSSR count). The van der Waals surface area contributed by atoms with Crippen LogP contribution in [0.1, 0.15) is 5.56 Å². The Bertz CT molecular complexity index is 602. The average Bonchev–Trinajstić information content (AvgIpc) is 2.82. The van der Waals surface area contributed by atoms with Crippen molar-refractivity contribution in [2.45, 2.75) is 17.5 Å². The van der Waals surface area contributed by atoms with Crippen LogP contribution in [0.4, 0.5) is 4.39 Å². The summed E-state index contributed by atoms with van der Waals surface area (Å²) < 4.78 is 19.8. The van der Waals surface area contributed by atoms with Crippen LogP contribution >= 0.6 is 27.7 Å². The largest absolute Gasteiger partial charge is 0.468 e. The summed E-state index contributed by atoms with van der Waals surface area (Å²) >= 11 is 4.54. The van der Waals surface area contributed by atoms with Crippen molar-refractivity contribution in [1.82, 2.24) is 20.2 Å². The van der Waals surface area contributed by atoms with Crippen LogP contribution in [0.2, 0.25) is 0 Å². The Hall–Kier alpha value is -1.48. The highest BCUT2D eigenvalue weighted by atomic mass is 79.9. The Morgan fingerprint density at radius 1 is 1.50 bits per heavy atom. The number of benzene rings is 1. The maximum atomic E-state index is 13.2. The van der Waals surface area contributed by atoms with Crippen LogP contribution < -0.4 is 0 Å². The Labute approximate surface area is 126 Å². The quantitative estimate of drug-likeness (QED) is 0.600.